The summed E-state index contributed by atoms with van der Waals surface area (Å²) in [5, 5.41) is 6.79. The van der Waals surface area contributed by atoms with Crippen molar-refractivity contribution in [1.82, 2.24) is 20.5 Å². The number of piperidine rings is 1. The Hall–Kier alpha value is -0.870. The summed E-state index contributed by atoms with van der Waals surface area (Å²) in [5.74, 6) is 3.99. The number of aryl methyl sites for hydroxylation is 2. The number of nitrogens with zero attached hydrogens (tertiary/aromatic N) is 3. The second kappa shape index (κ2) is 14.2. The van der Waals surface area contributed by atoms with E-state index in [2.05, 4.69) is 39.4 Å². The molecule has 1 saturated heterocycles. The number of halogens is 1. The third kappa shape index (κ3) is 10.1. The largest absolute Gasteiger partial charge is 0.444 e. The van der Waals surface area contributed by atoms with Gasteiger partial charge in [-0.05, 0) is 58.0 Å². The number of aromatic nitrogens is 1. The van der Waals surface area contributed by atoms with Crippen molar-refractivity contribution in [3.63, 3.8) is 0 Å². The third-order valence-electron chi connectivity index (χ3n) is 5.30. The Morgan fingerprint density at radius 2 is 1.97 bits per heavy atom. The molecule has 1 fully saturated rings. The van der Waals surface area contributed by atoms with E-state index in [1.54, 1.807) is 0 Å². The van der Waals surface area contributed by atoms with E-state index in [1.165, 1.54) is 12.8 Å². The highest BCUT2D eigenvalue weighted by atomic mass is 127. The number of hydrogen-bond donors (Lipinski definition) is 2. The van der Waals surface area contributed by atoms with Gasteiger partial charge in [0.25, 0.3) is 0 Å². The Balaban J connectivity index is 0.00000420. The van der Waals surface area contributed by atoms with E-state index in [-0.39, 0.29) is 24.0 Å². The van der Waals surface area contributed by atoms with Crippen LogP contribution in [-0.2, 0) is 11.3 Å². The lowest BCUT2D eigenvalue weighted by atomic mass is 9.97. The maximum Gasteiger partial charge on any atom is 0.208 e. The summed E-state index contributed by atoms with van der Waals surface area (Å²) in [6.07, 6.45) is 3.48. The molecule has 0 amide bonds. The van der Waals surface area contributed by atoms with Crippen molar-refractivity contribution in [2.45, 2.75) is 53.5 Å². The lowest BCUT2D eigenvalue weighted by Crippen LogP contribution is -2.43. The summed E-state index contributed by atoms with van der Waals surface area (Å²) in [4.78, 5) is 11.2. The van der Waals surface area contributed by atoms with Gasteiger partial charge in [-0.3, -0.25) is 9.89 Å². The third-order valence-corrected chi connectivity index (χ3v) is 5.30. The molecular formula is C21H40IN5O2. The van der Waals surface area contributed by atoms with Gasteiger partial charge in [0.1, 0.15) is 5.76 Å². The number of guanidine groups is 1. The van der Waals surface area contributed by atoms with E-state index >= 15 is 0 Å². The summed E-state index contributed by atoms with van der Waals surface area (Å²) in [6.45, 7) is 14.7. The number of likely N-dealkylation sites (tertiary alicyclic amines) is 1. The lowest BCUT2D eigenvalue weighted by Gasteiger charge is -2.31. The minimum atomic E-state index is 0. The van der Waals surface area contributed by atoms with E-state index in [0.29, 0.717) is 18.4 Å². The van der Waals surface area contributed by atoms with Crippen LogP contribution in [0.15, 0.2) is 9.41 Å². The molecule has 0 aromatic carbocycles. The molecule has 0 saturated carbocycles. The van der Waals surface area contributed by atoms with E-state index in [1.807, 2.05) is 20.9 Å². The van der Waals surface area contributed by atoms with Crippen molar-refractivity contribution in [2.24, 2.45) is 16.8 Å². The maximum absolute atomic E-state index is 5.71. The molecule has 0 atom stereocenters. The highest BCUT2D eigenvalue weighted by molar-refractivity contribution is 14.0. The standard InChI is InChI=1S/C21H39N5O2.HI/c1-16(2)8-12-27-13-9-23-21(22-5)24-14-19-6-10-26(11-7-19)15-20-25-17(3)18(4)28-20;/h16,19H,6-15H2,1-5H3,(H2,22,23,24);1H. The molecule has 2 rings (SSSR count). The van der Waals surface area contributed by atoms with Gasteiger partial charge in [0.05, 0.1) is 18.8 Å². The summed E-state index contributed by atoms with van der Waals surface area (Å²) in [7, 11) is 1.82. The average Bonchev–Trinajstić information content (AvgIpc) is 2.98. The first kappa shape index (κ1) is 26.2. The molecule has 7 nitrogen and oxygen atoms in total. The molecule has 2 N–H and O–H groups in total. The topological polar surface area (TPSA) is 74.9 Å². The summed E-state index contributed by atoms with van der Waals surface area (Å²) in [5.41, 5.74) is 0.998. The van der Waals surface area contributed by atoms with Crippen molar-refractivity contribution in [1.29, 1.82) is 0 Å². The number of rotatable bonds is 10. The number of ether oxygens (including phenoxy) is 1. The minimum Gasteiger partial charge on any atom is -0.444 e. The maximum atomic E-state index is 5.71. The van der Waals surface area contributed by atoms with Gasteiger partial charge in [0.2, 0.25) is 5.89 Å². The lowest BCUT2D eigenvalue weighted by molar-refractivity contribution is 0.128. The molecule has 0 unspecified atom stereocenters. The van der Waals surface area contributed by atoms with Crippen LogP contribution in [0.5, 0.6) is 0 Å². The number of aliphatic imine (C=N–C) groups is 1. The average molecular weight is 521 g/mol. The predicted octanol–water partition coefficient (Wildman–Crippen LogP) is 3.35. The van der Waals surface area contributed by atoms with Crippen molar-refractivity contribution in [2.75, 3.05) is 46.4 Å². The van der Waals surface area contributed by atoms with E-state index in [0.717, 1.165) is 69.1 Å². The highest BCUT2D eigenvalue weighted by Gasteiger charge is 2.21. The fourth-order valence-corrected chi connectivity index (χ4v) is 3.27. The predicted molar refractivity (Wildman–Crippen MR) is 129 cm³/mol. The van der Waals surface area contributed by atoms with E-state index in [9.17, 15) is 0 Å². The highest BCUT2D eigenvalue weighted by Crippen LogP contribution is 2.19. The van der Waals surface area contributed by atoms with Crippen LogP contribution in [0.4, 0.5) is 0 Å². The summed E-state index contributed by atoms with van der Waals surface area (Å²) in [6, 6.07) is 0. The Kier molecular flexibility index (Phi) is 12.8. The zero-order valence-corrected chi connectivity index (χ0v) is 21.1. The quantitative estimate of drug-likeness (QED) is 0.213. The zero-order valence-electron chi connectivity index (χ0n) is 18.8. The van der Waals surface area contributed by atoms with Gasteiger partial charge in [-0.2, -0.15) is 0 Å². The molecule has 0 aliphatic carbocycles. The van der Waals surface area contributed by atoms with Gasteiger partial charge in [-0.25, -0.2) is 4.98 Å². The van der Waals surface area contributed by atoms with Gasteiger partial charge in [0.15, 0.2) is 5.96 Å². The molecule has 0 radical (unpaired) electrons. The van der Waals surface area contributed by atoms with E-state index in [4.69, 9.17) is 9.15 Å². The van der Waals surface area contributed by atoms with Gasteiger partial charge >= 0.3 is 0 Å². The van der Waals surface area contributed by atoms with Gasteiger partial charge < -0.3 is 19.8 Å². The number of nitrogens with one attached hydrogen (secondary N) is 2. The smallest absolute Gasteiger partial charge is 0.208 e. The molecule has 1 aromatic heterocycles. The first-order chi connectivity index (χ1) is 13.5. The van der Waals surface area contributed by atoms with Crippen LogP contribution in [0, 0.1) is 25.7 Å². The Morgan fingerprint density at radius 3 is 2.55 bits per heavy atom. The Morgan fingerprint density at radius 1 is 1.24 bits per heavy atom. The first-order valence-electron chi connectivity index (χ1n) is 10.7. The molecular weight excluding hydrogens is 481 g/mol. The molecule has 168 valence electrons. The molecule has 2 heterocycles. The van der Waals surface area contributed by atoms with Crippen molar-refractivity contribution in [3.8, 4) is 0 Å². The van der Waals surface area contributed by atoms with Gasteiger partial charge in [-0.1, -0.05) is 13.8 Å². The van der Waals surface area contributed by atoms with Crippen molar-refractivity contribution >= 4 is 29.9 Å². The SMILES string of the molecule is CN=C(NCCOCCC(C)C)NCC1CCN(Cc2nc(C)c(C)o2)CC1.I. The molecule has 1 aliphatic rings. The molecule has 1 aromatic rings. The Labute approximate surface area is 193 Å². The van der Waals surface area contributed by atoms with Crippen LogP contribution < -0.4 is 10.6 Å². The molecule has 29 heavy (non-hydrogen) atoms. The zero-order chi connectivity index (χ0) is 20.4. The van der Waals surface area contributed by atoms with Gasteiger partial charge in [0, 0.05) is 26.7 Å². The molecule has 0 bridgehead atoms. The normalized spacial score (nSPS) is 16.1. The fraction of sp³-hybridized carbons (Fsp3) is 0.810. The van der Waals surface area contributed by atoms with Crippen LogP contribution in [0.2, 0.25) is 0 Å². The molecule has 1 aliphatic heterocycles. The fourth-order valence-electron chi connectivity index (χ4n) is 3.27. The van der Waals surface area contributed by atoms with Crippen LogP contribution in [0.25, 0.3) is 0 Å². The van der Waals surface area contributed by atoms with Crippen molar-refractivity contribution < 1.29 is 9.15 Å². The van der Waals surface area contributed by atoms with Crippen LogP contribution in [0.1, 0.15) is 50.5 Å². The Bertz CT molecular complexity index is 578. The van der Waals surface area contributed by atoms with Crippen molar-refractivity contribution in [3.05, 3.63) is 17.3 Å². The monoisotopic (exact) mass is 521 g/mol. The number of hydrogen-bond acceptors (Lipinski definition) is 5. The minimum absolute atomic E-state index is 0. The van der Waals surface area contributed by atoms with Gasteiger partial charge in [-0.15, -0.1) is 24.0 Å². The summed E-state index contributed by atoms with van der Waals surface area (Å²) >= 11 is 0. The van der Waals surface area contributed by atoms with Crippen LogP contribution in [0.3, 0.4) is 0 Å². The second-order valence-electron chi connectivity index (χ2n) is 8.14. The van der Waals surface area contributed by atoms with Crippen LogP contribution in [-0.4, -0.2) is 62.3 Å². The summed E-state index contributed by atoms with van der Waals surface area (Å²) < 4.78 is 11.4. The first-order valence-corrected chi connectivity index (χ1v) is 10.7. The molecule has 8 heteroatoms. The van der Waals surface area contributed by atoms with E-state index < -0.39 is 0 Å². The van der Waals surface area contributed by atoms with Crippen LogP contribution >= 0.6 is 24.0 Å². The second-order valence-corrected chi connectivity index (χ2v) is 8.14. The molecule has 0 spiro atoms. The number of oxazole rings is 1.